The monoisotopic (exact) mass is 427 g/mol. The summed E-state index contributed by atoms with van der Waals surface area (Å²) < 4.78 is 77.1. The third kappa shape index (κ3) is 6.09. The average Bonchev–Trinajstić information content (AvgIpc) is 2.66. The number of pyridine rings is 1. The molecule has 2 nitrogen and oxygen atoms in total. The van der Waals surface area contributed by atoms with Gasteiger partial charge in [-0.3, -0.25) is 9.78 Å². The Morgan fingerprint density at radius 1 is 1.03 bits per heavy atom. The lowest BCUT2D eigenvalue weighted by molar-refractivity contribution is -0.173. The first kappa shape index (κ1) is 23.5. The second kappa shape index (κ2) is 9.33. The van der Waals surface area contributed by atoms with Crippen LogP contribution in [-0.2, 0) is 11.0 Å². The van der Waals surface area contributed by atoms with Crippen LogP contribution in [0.4, 0.5) is 26.3 Å². The molecule has 0 aliphatic heterocycles. The highest BCUT2D eigenvalue weighted by Crippen LogP contribution is 2.35. The second-order valence-electron chi connectivity index (χ2n) is 6.87. The van der Waals surface area contributed by atoms with Gasteiger partial charge < -0.3 is 0 Å². The SMILES string of the molecule is CC#Cc1cccnc1[C@@H](CC(=O)C[C@@H](C)C(F)(F)F)c1ccc(C(F)(F)F)cc1. The van der Waals surface area contributed by atoms with E-state index in [-0.39, 0.29) is 6.42 Å². The van der Waals surface area contributed by atoms with Crippen LogP contribution in [-0.4, -0.2) is 16.9 Å². The van der Waals surface area contributed by atoms with Gasteiger partial charge in [-0.1, -0.05) is 25.0 Å². The molecule has 1 heterocycles. The predicted octanol–water partition coefficient (Wildman–Crippen LogP) is 6.15. The Labute approximate surface area is 170 Å². The number of carbonyl (C=O) groups is 1. The van der Waals surface area contributed by atoms with Gasteiger partial charge in [-0.15, -0.1) is 5.92 Å². The number of halogens is 6. The molecule has 2 rings (SSSR count). The van der Waals surface area contributed by atoms with Gasteiger partial charge in [0.1, 0.15) is 5.78 Å². The standard InChI is InChI=1S/C22H19F6NO/c1-3-5-16-6-4-11-29-20(16)19(13-18(30)12-14(2)21(23,24)25)15-7-9-17(10-8-15)22(26,27)28/h4,6-11,14,19H,12-13H2,1-2H3/t14-,19+/m1/s1. The van der Waals surface area contributed by atoms with Crippen LogP contribution in [0.3, 0.4) is 0 Å². The molecule has 8 heteroatoms. The summed E-state index contributed by atoms with van der Waals surface area (Å²) in [5.41, 5.74) is 0.270. The van der Waals surface area contributed by atoms with Crippen molar-refractivity contribution >= 4 is 5.78 Å². The molecule has 1 aromatic heterocycles. The second-order valence-corrected chi connectivity index (χ2v) is 6.87. The zero-order valence-electron chi connectivity index (χ0n) is 16.2. The minimum atomic E-state index is -4.53. The third-order valence-corrected chi connectivity index (χ3v) is 4.59. The molecule has 0 fully saturated rings. The van der Waals surface area contributed by atoms with Crippen molar-refractivity contribution in [3.63, 3.8) is 0 Å². The van der Waals surface area contributed by atoms with Gasteiger partial charge in [-0.05, 0) is 36.8 Å². The molecular formula is C22H19F6NO. The predicted molar refractivity (Wildman–Crippen MR) is 99.5 cm³/mol. The van der Waals surface area contributed by atoms with Crippen molar-refractivity contribution in [3.05, 3.63) is 65.0 Å². The van der Waals surface area contributed by atoms with Gasteiger partial charge >= 0.3 is 12.4 Å². The van der Waals surface area contributed by atoms with Crippen molar-refractivity contribution < 1.29 is 31.1 Å². The van der Waals surface area contributed by atoms with Gasteiger partial charge in [0.15, 0.2) is 0 Å². The topological polar surface area (TPSA) is 30.0 Å². The Balaban J connectivity index is 2.43. The van der Waals surface area contributed by atoms with Crippen molar-refractivity contribution in [2.75, 3.05) is 0 Å². The molecule has 0 unspecified atom stereocenters. The number of nitrogens with zero attached hydrogens (tertiary/aromatic N) is 1. The molecule has 0 aliphatic rings. The van der Waals surface area contributed by atoms with Gasteiger partial charge in [0, 0.05) is 30.5 Å². The number of hydrogen-bond acceptors (Lipinski definition) is 2. The highest BCUT2D eigenvalue weighted by atomic mass is 19.4. The summed E-state index contributed by atoms with van der Waals surface area (Å²) in [4.78, 5) is 16.6. The summed E-state index contributed by atoms with van der Waals surface area (Å²) in [5, 5.41) is 0. The first-order valence-electron chi connectivity index (χ1n) is 9.06. The van der Waals surface area contributed by atoms with E-state index < -0.39 is 42.0 Å². The van der Waals surface area contributed by atoms with Gasteiger partial charge in [-0.25, -0.2) is 0 Å². The van der Waals surface area contributed by atoms with Crippen molar-refractivity contribution in [3.8, 4) is 11.8 Å². The van der Waals surface area contributed by atoms with E-state index in [1.807, 2.05) is 0 Å². The van der Waals surface area contributed by atoms with E-state index in [0.717, 1.165) is 19.1 Å². The van der Waals surface area contributed by atoms with Crippen LogP contribution in [0, 0.1) is 17.8 Å². The maximum Gasteiger partial charge on any atom is 0.416 e. The number of rotatable bonds is 6. The highest BCUT2D eigenvalue weighted by Gasteiger charge is 2.37. The first-order chi connectivity index (χ1) is 13.9. The Hall–Kier alpha value is -2.82. The number of Topliss-reactive ketones (excluding diaryl/α,β-unsaturated/α-hetero) is 1. The molecule has 1 aromatic carbocycles. The fraction of sp³-hybridized carbons (Fsp3) is 0.364. The number of benzene rings is 1. The van der Waals surface area contributed by atoms with Crippen LogP contribution in [0.25, 0.3) is 0 Å². The quantitative estimate of drug-likeness (QED) is 0.409. The molecule has 0 N–H and O–H groups in total. The lowest BCUT2D eigenvalue weighted by Gasteiger charge is -2.20. The number of ketones is 1. The minimum absolute atomic E-state index is 0.332. The molecule has 0 saturated carbocycles. The molecule has 0 saturated heterocycles. The van der Waals surface area contributed by atoms with Crippen molar-refractivity contribution in [1.82, 2.24) is 4.98 Å². The van der Waals surface area contributed by atoms with E-state index in [0.29, 0.717) is 16.8 Å². The maximum absolute atomic E-state index is 12.9. The lowest BCUT2D eigenvalue weighted by atomic mass is 9.86. The average molecular weight is 427 g/mol. The van der Waals surface area contributed by atoms with Gasteiger partial charge in [-0.2, -0.15) is 26.3 Å². The summed E-state index contributed by atoms with van der Waals surface area (Å²) in [6.45, 7) is 2.50. The summed E-state index contributed by atoms with van der Waals surface area (Å²) >= 11 is 0. The van der Waals surface area contributed by atoms with Gasteiger partial charge in [0.25, 0.3) is 0 Å². The first-order valence-corrected chi connectivity index (χ1v) is 9.06. The number of alkyl halides is 6. The summed E-state index contributed by atoms with van der Waals surface area (Å²) in [6, 6.07) is 7.43. The molecule has 0 amide bonds. The molecule has 2 atom stereocenters. The van der Waals surface area contributed by atoms with Crippen LogP contribution >= 0.6 is 0 Å². The molecule has 0 aliphatic carbocycles. The van der Waals surface area contributed by atoms with Crippen molar-refractivity contribution in [2.45, 2.75) is 45.0 Å². The highest BCUT2D eigenvalue weighted by molar-refractivity contribution is 5.80. The number of carbonyl (C=O) groups excluding carboxylic acids is 1. The molecular weight excluding hydrogens is 408 g/mol. The molecule has 2 aromatic rings. The third-order valence-electron chi connectivity index (χ3n) is 4.59. The van der Waals surface area contributed by atoms with E-state index in [9.17, 15) is 31.1 Å². The summed E-state index contributed by atoms with van der Waals surface area (Å²) in [6.07, 6.45) is -8.65. The van der Waals surface area contributed by atoms with Crippen molar-refractivity contribution in [1.29, 1.82) is 0 Å². The fourth-order valence-corrected chi connectivity index (χ4v) is 2.98. The fourth-order valence-electron chi connectivity index (χ4n) is 2.98. The molecule has 0 spiro atoms. The number of aromatic nitrogens is 1. The molecule has 30 heavy (non-hydrogen) atoms. The zero-order valence-corrected chi connectivity index (χ0v) is 16.2. The Morgan fingerprint density at radius 2 is 1.67 bits per heavy atom. The zero-order chi connectivity index (χ0) is 22.5. The molecule has 0 bridgehead atoms. The van der Waals surface area contributed by atoms with Crippen LogP contribution in [0.2, 0.25) is 0 Å². The van der Waals surface area contributed by atoms with E-state index in [1.165, 1.54) is 18.3 Å². The Kier molecular flexibility index (Phi) is 7.30. The van der Waals surface area contributed by atoms with E-state index in [1.54, 1.807) is 19.1 Å². The largest absolute Gasteiger partial charge is 0.416 e. The van der Waals surface area contributed by atoms with Crippen LogP contribution in [0.15, 0.2) is 42.6 Å². The number of hydrogen-bond donors (Lipinski definition) is 0. The summed E-state index contributed by atoms with van der Waals surface area (Å²) in [5.74, 6) is 2.20. The van der Waals surface area contributed by atoms with E-state index in [4.69, 9.17) is 0 Å². The van der Waals surface area contributed by atoms with E-state index in [2.05, 4.69) is 16.8 Å². The normalized spacial score (nSPS) is 13.9. The molecule has 160 valence electrons. The molecule has 0 radical (unpaired) electrons. The Morgan fingerprint density at radius 3 is 2.20 bits per heavy atom. The maximum atomic E-state index is 12.9. The summed E-state index contributed by atoms with van der Waals surface area (Å²) in [7, 11) is 0. The van der Waals surface area contributed by atoms with Crippen LogP contribution in [0.5, 0.6) is 0 Å². The van der Waals surface area contributed by atoms with E-state index >= 15 is 0 Å². The van der Waals surface area contributed by atoms with Crippen LogP contribution < -0.4 is 0 Å². The smallest absolute Gasteiger partial charge is 0.300 e. The Bertz CT molecular complexity index is 935. The minimum Gasteiger partial charge on any atom is -0.300 e. The van der Waals surface area contributed by atoms with Gasteiger partial charge in [0.05, 0.1) is 17.2 Å². The van der Waals surface area contributed by atoms with Crippen LogP contribution in [0.1, 0.15) is 55.0 Å². The van der Waals surface area contributed by atoms with Crippen molar-refractivity contribution in [2.24, 2.45) is 5.92 Å². The lowest BCUT2D eigenvalue weighted by Crippen LogP contribution is -2.23. The van der Waals surface area contributed by atoms with Gasteiger partial charge in [0.2, 0.25) is 0 Å².